The van der Waals surface area contributed by atoms with Crippen LogP contribution in [0.5, 0.6) is 11.5 Å². The van der Waals surface area contributed by atoms with Crippen LogP contribution in [0.3, 0.4) is 0 Å². The van der Waals surface area contributed by atoms with Crippen LogP contribution in [-0.2, 0) is 4.79 Å². The molecular weight excluding hydrogens is 587 g/mol. The molecule has 0 bridgehead atoms. The Balaban J connectivity index is 0.000000616. The van der Waals surface area contributed by atoms with Gasteiger partial charge < -0.3 is 30.7 Å². The van der Waals surface area contributed by atoms with Gasteiger partial charge in [-0.25, -0.2) is 14.4 Å². The Labute approximate surface area is 237 Å². The van der Waals surface area contributed by atoms with Crippen molar-refractivity contribution in [2.75, 3.05) is 19.5 Å². The molecule has 42 heavy (non-hydrogen) atoms. The van der Waals surface area contributed by atoms with E-state index in [9.17, 15) is 27.9 Å². The molecule has 4 rings (SSSR count). The summed E-state index contributed by atoms with van der Waals surface area (Å²) in [5.74, 6) is -2.95. The van der Waals surface area contributed by atoms with Gasteiger partial charge in [0.2, 0.25) is 0 Å². The lowest BCUT2D eigenvalue weighted by Crippen LogP contribution is -2.21. The maximum Gasteiger partial charge on any atom is 0.490 e. The fraction of sp³-hybridized carbons (Fsp3) is 0.167. The molecule has 0 aliphatic rings. The largest absolute Gasteiger partial charge is 0.493 e. The molecule has 0 spiro atoms. The molecule has 0 radical (unpaired) electrons. The number of nitrogen functional groups attached to an aromatic ring is 1. The van der Waals surface area contributed by atoms with Crippen LogP contribution in [0.2, 0.25) is 0 Å². The molecule has 0 saturated heterocycles. The van der Waals surface area contributed by atoms with Crippen LogP contribution < -0.4 is 26.2 Å². The molecule has 3 heterocycles. The summed E-state index contributed by atoms with van der Waals surface area (Å²) in [7, 11) is 2.98. The van der Waals surface area contributed by atoms with Gasteiger partial charge in [-0.05, 0) is 35.7 Å². The van der Waals surface area contributed by atoms with Crippen LogP contribution >= 0.6 is 11.3 Å². The van der Waals surface area contributed by atoms with E-state index in [4.69, 9.17) is 30.5 Å². The summed E-state index contributed by atoms with van der Waals surface area (Å²) < 4.78 is 43.4. The Morgan fingerprint density at radius 3 is 2.29 bits per heavy atom. The molecule has 1 aromatic carbocycles. The number of carboxylic acids is 2. The number of hydrogen-bond acceptors (Lipinski definition) is 10. The van der Waals surface area contributed by atoms with Crippen molar-refractivity contribution >= 4 is 34.8 Å². The number of H-pyrrole nitrogens is 1. The number of aliphatic carboxylic acids is 1. The number of thiophene rings is 1. The zero-order chi connectivity index (χ0) is 31.2. The smallest absolute Gasteiger partial charge is 0.490 e. The average Bonchev–Trinajstić information content (AvgIpc) is 3.58. The van der Waals surface area contributed by atoms with E-state index in [-0.39, 0.29) is 22.2 Å². The number of benzene rings is 1. The van der Waals surface area contributed by atoms with Crippen molar-refractivity contribution in [3.63, 3.8) is 0 Å². The van der Waals surface area contributed by atoms with Gasteiger partial charge in [0.15, 0.2) is 17.3 Å². The molecule has 1 atom stereocenters. The first-order valence-corrected chi connectivity index (χ1v) is 12.2. The summed E-state index contributed by atoms with van der Waals surface area (Å²) >= 11 is 0.991. The second kappa shape index (κ2) is 12.9. The van der Waals surface area contributed by atoms with Crippen molar-refractivity contribution in [2.24, 2.45) is 5.73 Å². The average molecular weight is 610 g/mol. The van der Waals surface area contributed by atoms with Crippen molar-refractivity contribution in [1.29, 1.82) is 5.41 Å². The first-order chi connectivity index (χ1) is 19.8. The molecule has 7 N–H and O–H groups in total. The number of nitrogens with two attached hydrogens (primary N) is 1. The van der Waals surface area contributed by atoms with Gasteiger partial charge in [-0.15, -0.1) is 16.4 Å². The third kappa shape index (κ3) is 7.22. The molecule has 0 saturated carbocycles. The van der Waals surface area contributed by atoms with Gasteiger partial charge in [-0.3, -0.25) is 15.4 Å². The van der Waals surface area contributed by atoms with Crippen LogP contribution in [0.4, 0.5) is 18.9 Å². The highest BCUT2D eigenvalue weighted by molar-refractivity contribution is 7.12. The highest BCUT2D eigenvalue weighted by Gasteiger charge is 2.38. The maximum absolute atomic E-state index is 12.8. The van der Waals surface area contributed by atoms with Gasteiger partial charge in [-0.1, -0.05) is 0 Å². The maximum atomic E-state index is 12.8. The zero-order valence-electron chi connectivity index (χ0n) is 21.6. The molecule has 18 heteroatoms. The number of ether oxygens (including phenoxy) is 2. The lowest BCUT2D eigenvalue weighted by atomic mass is 10.1. The molecule has 0 aliphatic heterocycles. The number of anilines is 1. The highest BCUT2D eigenvalue weighted by atomic mass is 32.1. The van der Waals surface area contributed by atoms with E-state index in [1.165, 1.54) is 26.5 Å². The number of aromatic amines is 1. The third-order valence-electron chi connectivity index (χ3n) is 5.31. The summed E-state index contributed by atoms with van der Waals surface area (Å²) in [6.45, 7) is 0. The number of nitrogens with zero attached hydrogens (tertiary/aromatic N) is 3. The summed E-state index contributed by atoms with van der Waals surface area (Å²) in [5.41, 5.74) is 6.71. The summed E-state index contributed by atoms with van der Waals surface area (Å²) in [6.07, 6.45) is -3.60. The Morgan fingerprint density at radius 2 is 1.76 bits per heavy atom. The van der Waals surface area contributed by atoms with Crippen LogP contribution in [0.25, 0.3) is 5.69 Å². The monoisotopic (exact) mass is 609 g/mol. The Morgan fingerprint density at radius 1 is 1.14 bits per heavy atom. The van der Waals surface area contributed by atoms with E-state index < -0.39 is 29.8 Å². The molecule has 4 aromatic rings. The Hall–Kier alpha value is -5.39. The van der Waals surface area contributed by atoms with Gasteiger partial charge in [-0.2, -0.15) is 17.9 Å². The summed E-state index contributed by atoms with van der Waals surface area (Å²) in [4.78, 5) is 40.3. The number of nitrogens with one attached hydrogen (secondary N) is 3. The number of carboxylic acid groups (broad SMARTS) is 2. The lowest BCUT2D eigenvalue weighted by molar-refractivity contribution is -0.192. The van der Waals surface area contributed by atoms with E-state index in [0.29, 0.717) is 28.4 Å². The quantitative estimate of drug-likeness (QED) is 0.120. The fourth-order valence-electron chi connectivity index (χ4n) is 3.37. The minimum absolute atomic E-state index is 0.0151. The molecule has 3 aromatic heterocycles. The molecule has 222 valence electrons. The Kier molecular flexibility index (Phi) is 9.53. The van der Waals surface area contributed by atoms with E-state index in [2.05, 4.69) is 20.4 Å². The van der Waals surface area contributed by atoms with Gasteiger partial charge in [0.05, 0.1) is 31.8 Å². The third-order valence-corrected chi connectivity index (χ3v) is 6.20. The number of pyridine rings is 1. The van der Waals surface area contributed by atoms with Gasteiger partial charge >= 0.3 is 23.8 Å². The van der Waals surface area contributed by atoms with Crippen molar-refractivity contribution in [1.82, 2.24) is 19.7 Å². The minimum atomic E-state index is -5.08. The molecule has 1 unspecified atom stereocenters. The number of aromatic carboxylic acids is 1. The van der Waals surface area contributed by atoms with Gasteiger partial charge in [0.1, 0.15) is 16.8 Å². The number of halogens is 3. The van der Waals surface area contributed by atoms with Crippen LogP contribution in [0.1, 0.15) is 32.8 Å². The lowest BCUT2D eigenvalue weighted by Gasteiger charge is -2.19. The number of methoxy groups -OCH3 is 2. The number of rotatable bonds is 9. The molecule has 0 aliphatic carbocycles. The van der Waals surface area contributed by atoms with Crippen LogP contribution in [0, 0.1) is 5.41 Å². The Bertz CT molecular complexity index is 1650. The minimum Gasteiger partial charge on any atom is -0.493 e. The summed E-state index contributed by atoms with van der Waals surface area (Å²) in [6, 6.07) is 9.19. The fourth-order valence-corrected chi connectivity index (χ4v) is 4.08. The van der Waals surface area contributed by atoms with Crippen molar-refractivity contribution in [3.8, 4) is 17.2 Å². The molecule has 0 amide bonds. The summed E-state index contributed by atoms with van der Waals surface area (Å²) in [5, 5.41) is 33.4. The standard InChI is InChI=1S/C22H21N7O5S.C2HF3O2/c1-33-15-9-13(25-10-16(15)34-2)17(26-12-5-3-11(4-6-12)19(23)24)20-27-22(32)29(28-20)14-7-8-35-18(14)21(30)31;3-2(4,5)1(6)7/h3-10,17,26H,1-2H3,(H3,23,24)(H,30,31)(H,27,28,32);(H,6,7). The van der Waals surface area contributed by atoms with E-state index in [1.807, 2.05) is 0 Å². The predicted molar refractivity (Wildman–Crippen MR) is 143 cm³/mol. The second-order valence-electron chi connectivity index (χ2n) is 8.00. The van der Waals surface area contributed by atoms with Crippen molar-refractivity contribution in [2.45, 2.75) is 12.2 Å². The normalized spacial score (nSPS) is 11.5. The van der Waals surface area contributed by atoms with Gasteiger partial charge in [0.25, 0.3) is 0 Å². The molecule has 14 nitrogen and oxygen atoms in total. The topological polar surface area (TPSA) is 219 Å². The van der Waals surface area contributed by atoms with Crippen LogP contribution in [-0.4, -0.2) is 68.1 Å². The van der Waals surface area contributed by atoms with E-state index in [1.54, 1.807) is 35.7 Å². The van der Waals surface area contributed by atoms with E-state index >= 15 is 0 Å². The van der Waals surface area contributed by atoms with Crippen LogP contribution in [0.15, 0.2) is 52.8 Å². The molecular formula is C24H22F3N7O7S. The zero-order valence-corrected chi connectivity index (χ0v) is 22.4. The number of amidine groups is 1. The van der Waals surface area contributed by atoms with Crippen molar-refractivity contribution < 1.29 is 42.4 Å². The second-order valence-corrected chi connectivity index (χ2v) is 8.92. The predicted octanol–water partition coefficient (Wildman–Crippen LogP) is 2.85. The van der Waals surface area contributed by atoms with Crippen molar-refractivity contribution in [3.05, 3.63) is 80.4 Å². The first-order valence-electron chi connectivity index (χ1n) is 11.4. The van der Waals surface area contributed by atoms with E-state index in [0.717, 1.165) is 16.0 Å². The number of alkyl halides is 3. The SMILES string of the molecule is COc1cnc(C(Nc2ccc(C(=N)N)cc2)c2nn(-c3ccsc3C(=O)O)c(=O)[nH]2)cc1OC.O=C(O)C(F)(F)F. The molecule has 0 fully saturated rings. The number of carbonyl (C=O) groups is 2. The highest BCUT2D eigenvalue weighted by Crippen LogP contribution is 2.31. The first kappa shape index (κ1) is 31.1. The number of hydrogen-bond donors (Lipinski definition) is 6. The van der Waals surface area contributed by atoms with Gasteiger partial charge in [0, 0.05) is 17.3 Å². The number of aromatic nitrogens is 4.